The number of halogens is 1. The van der Waals surface area contributed by atoms with Crippen LogP contribution >= 0.6 is 0 Å². The van der Waals surface area contributed by atoms with E-state index in [4.69, 9.17) is 0 Å². The second-order valence-corrected chi connectivity index (χ2v) is 3.36. The third kappa shape index (κ3) is 2.01. The molecule has 0 atom stereocenters. The smallest absolute Gasteiger partial charge is 0.132 e. The summed E-state index contributed by atoms with van der Waals surface area (Å²) in [4.78, 5) is 6.41. The van der Waals surface area contributed by atoms with Gasteiger partial charge >= 0.3 is 0 Å². The Labute approximate surface area is 82.9 Å². The number of alkyl halides is 1. The summed E-state index contributed by atoms with van der Waals surface area (Å²) in [6.07, 6.45) is 0. The van der Waals surface area contributed by atoms with Crippen LogP contribution in [0.25, 0.3) is 0 Å². The maximum Gasteiger partial charge on any atom is 0.132 e. The van der Waals surface area contributed by atoms with Crippen LogP contribution in [0, 0.1) is 0 Å². The van der Waals surface area contributed by atoms with Crippen molar-refractivity contribution in [1.82, 2.24) is 10.3 Å². The van der Waals surface area contributed by atoms with E-state index in [1.807, 2.05) is 12.1 Å². The van der Waals surface area contributed by atoms with Gasteiger partial charge in [0.2, 0.25) is 0 Å². The fraction of sp³-hybridized carbons (Fsp3) is 0.500. The predicted molar refractivity (Wildman–Crippen MR) is 54.1 cm³/mol. The summed E-state index contributed by atoms with van der Waals surface area (Å²) < 4.78 is 12.4. The van der Waals surface area contributed by atoms with Gasteiger partial charge in [-0.1, -0.05) is 6.07 Å². The van der Waals surface area contributed by atoms with Crippen LogP contribution in [0.1, 0.15) is 5.69 Å². The Bertz CT molecular complexity index is 297. The minimum Gasteiger partial charge on any atom is -0.354 e. The van der Waals surface area contributed by atoms with Crippen molar-refractivity contribution in [3.63, 3.8) is 0 Å². The molecule has 0 bridgehead atoms. The van der Waals surface area contributed by atoms with Gasteiger partial charge in [0, 0.05) is 26.2 Å². The van der Waals surface area contributed by atoms with E-state index >= 15 is 0 Å². The predicted octanol–water partition coefficient (Wildman–Crippen LogP) is 0.961. The van der Waals surface area contributed by atoms with Crippen molar-refractivity contribution in [2.24, 2.45) is 0 Å². The van der Waals surface area contributed by atoms with Crippen LogP contribution in [0.4, 0.5) is 10.2 Å². The van der Waals surface area contributed by atoms with E-state index < -0.39 is 6.67 Å². The first-order valence-corrected chi connectivity index (χ1v) is 4.88. The molecule has 1 aliphatic heterocycles. The number of pyridine rings is 1. The molecule has 1 N–H and O–H groups in total. The minimum absolute atomic E-state index is 0.486. The molecular weight excluding hydrogens is 181 g/mol. The van der Waals surface area contributed by atoms with Gasteiger partial charge in [0.25, 0.3) is 0 Å². The first-order chi connectivity index (χ1) is 6.90. The molecule has 1 fully saturated rings. The third-order valence-electron chi connectivity index (χ3n) is 2.37. The summed E-state index contributed by atoms with van der Waals surface area (Å²) in [7, 11) is 0. The lowest BCUT2D eigenvalue weighted by Gasteiger charge is -2.28. The van der Waals surface area contributed by atoms with Crippen molar-refractivity contribution in [2.75, 3.05) is 31.1 Å². The highest BCUT2D eigenvalue weighted by atomic mass is 19.1. The van der Waals surface area contributed by atoms with E-state index in [0.717, 1.165) is 32.0 Å². The van der Waals surface area contributed by atoms with Gasteiger partial charge in [-0.3, -0.25) is 0 Å². The third-order valence-corrected chi connectivity index (χ3v) is 2.37. The molecule has 0 spiro atoms. The molecule has 76 valence electrons. The van der Waals surface area contributed by atoms with E-state index in [1.54, 1.807) is 6.07 Å². The molecule has 0 saturated carbocycles. The van der Waals surface area contributed by atoms with Gasteiger partial charge in [-0.2, -0.15) is 0 Å². The average Bonchev–Trinajstić information content (AvgIpc) is 2.30. The summed E-state index contributed by atoms with van der Waals surface area (Å²) in [5, 5.41) is 3.27. The van der Waals surface area contributed by atoms with Crippen molar-refractivity contribution in [3.8, 4) is 0 Å². The molecule has 1 saturated heterocycles. The van der Waals surface area contributed by atoms with E-state index in [2.05, 4.69) is 15.2 Å². The second kappa shape index (κ2) is 4.37. The monoisotopic (exact) mass is 195 g/mol. The fourth-order valence-electron chi connectivity index (χ4n) is 1.61. The van der Waals surface area contributed by atoms with Gasteiger partial charge < -0.3 is 10.2 Å². The Morgan fingerprint density at radius 3 is 2.86 bits per heavy atom. The maximum atomic E-state index is 12.4. The highest BCUT2D eigenvalue weighted by Crippen LogP contribution is 2.12. The SMILES string of the molecule is FCc1cccc(N2CCNCC2)n1. The van der Waals surface area contributed by atoms with Crippen LogP contribution in [-0.2, 0) is 6.67 Å². The Morgan fingerprint density at radius 1 is 1.36 bits per heavy atom. The van der Waals surface area contributed by atoms with Gasteiger partial charge in [-0.05, 0) is 12.1 Å². The van der Waals surface area contributed by atoms with Crippen LogP contribution in [0.2, 0.25) is 0 Å². The number of nitrogens with one attached hydrogen (secondary N) is 1. The number of hydrogen-bond acceptors (Lipinski definition) is 3. The first kappa shape index (κ1) is 9.40. The zero-order chi connectivity index (χ0) is 9.80. The van der Waals surface area contributed by atoms with Crippen LogP contribution in [0.15, 0.2) is 18.2 Å². The lowest BCUT2D eigenvalue weighted by molar-refractivity contribution is 0.475. The molecule has 1 aromatic heterocycles. The molecule has 0 amide bonds. The van der Waals surface area contributed by atoms with Crippen LogP contribution < -0.4 is 10.2 Å². The Morgan fingerprint density at radius 2 is 2.14 bits per heavy atom. The summed E-state index contributed by atoms with van der Waals surface area (Å²) >= 11 is 0. The van der Waals surface area contributed by atoms with E-state index in [0.29, 0.717) is 5.69 Å². The maximum absolute atomic E-state index is 12.4. The minimum atomic E-state index is -0.486. The van der Waals surface area contributed by atoms with Crippen molar-refractivity contribution >= 4 is 5.82 Å². The Balaban J connectivity index is 2.13. The Kier molecular flexibility index (Phi) is 2.93. The zero-order valence-electron chi connectivity index (χ0n) is 8.04. The van der Waals surface area contributed by atoms with Gasteiger partial charge in [-0.25, -0.2) is 9.37 Å². The fourth-order valence-corrected chi connectivity index (χ4v) is 1.61. The molecule has 0 radical (unpaired) electrons. The molecule has 0 aromatic carbocycles. The van der Waals surface area contributed by atoms with E-state index in [-0.39, 0.29) is 0 Å². The molecular formula is C10H14FN3. The Hall–Kier alpha value is -1.16. The highest BCUT2D eigenvalue weighted by Gasteiger charge is 2.11. The summed E-state index contributed by atoms with van der Waals surface area (Å²) in [6.45, 7) is 3.36. The van der Waals surface area contributed by atoms with Gasteiger partial charge in [0.15, 0.2) is 0 Å². The summed E-state index contributed by atoms with van der Waals surface area (Å²) in [5.74, 6) is 0.890. The van der Waals surface area contributed by atoms with Crippen molar-refractivity contribution in [2.45, 2.75) is 6.67 Å². The van der Waals surface area contributed by atoms with Gasteiger partial charge in [-0.15, -0.1) is 0 Å². The van der Waals surface area contributed by atoms with Crippen molar-refractivity contribution in [3.05, 3.63) is 23.9 Å². The average molecular weight is 195 g/mol. The molecule has 14 heavy (non-hydrogen) atoms. The summed E-state index contributed by atoms with van der Waals surface area (Å²) in [6, 6.07) is 5.51. The second-order valence-electron chi connectivity index (χ2n) is 3.36. The number of rotatable bonds is 2. The van der Waals surface area contributed by atoms with Gasteiger partial charge in [0.05, 0.1) is 5.69 Å². The molecule has 1 aliphatic rings. The van der Waals surface area contributed by atoms with Crippen LogP contribution in [-0.4, -0.2) is 31.2 Å². The van der Waals surface area contributed by atoms with Crippen molar-refractivity contribution < 1.29 is 4.39 Å². The topological polar surface area (TPSA) is 28.2 Å². The molecule has 3 nitrogen and oxygen atoms in total. The lowest BCUT2D eigenvalue weighted by atomic mass is 10.3. The lowest BCUT2D eigenvalue weighted by Crippen LogP contribution is -2.43. The van der Waals surface area contributed by atoms with Crippen molar-refractivity contribution in [1.29, 1.82) is 0 Å². The molecule has 2 rings (SSSR count). The number of nitrogens with zero attached hydrogens (tertiary/aromatic N) is 2. The summed E-state index contributed by atoms with van der Waals surface area (Å²) in [5.41, 5.74) is 0.515. The molecule has 0 aliphatic carbocycles. The zero-order valence-corrected chi connectivity index (χ0v) is 8.04. The first-order valence-electron chi connectivity index (χ1n) is 4.88. The number of hydrogen-bond donors (Lipinski definition) is 1. The molecule has 0 unspecified atom stereocenters. The normalized spacial score (nSPS) is 17.1. The number of anilines is 1. The number of aromatic nitrogens is 1. The standard InChI is InChI=1S/C10H14FN3/c11-8-9-2-1-3-10(13-9)14-6-4-12-5-7-14/h1-3,12H,4-8H2. The number of piperazine rings is 1. The highest BCUT2D eigenvalue weighted by molar-refractivity contribution is 5.39. The van der Waals surface area contributed by atoms with E-state index in [9.17, 15) is 4.39 Å². The molecule has 1 aromatic rings. The molecule has 4 heteroatoms. The molecule has 2 heterocycles. The van der Waals surface area contributed by atoms with E-state index in [1.165, 1.54) is 0 Å². The largest absolute Gasteiger partial charge is 0.354 e. The van der Waals surface area contributed by atoms with Crippen LogP contribution in [0.5, 0.6) is 0 Å². The van der Waals surface area contributed by atoms with Crippen LogP contribution in [0.3, 0.4) is 0 Å². The van der Waals surface area contributed by atoms with Gasteiger partial charge in [0.1, 0.15) is 12.5 Å². The quantitative estimate of drug-likeness (QED) is 0.762.